The molecule has 0 saturated heterocycles. The van der Waals surface area contributed by atoms with Crippen LogP contribution >= 0.6 is 23.5 Å². The molecule has 0 N–H and O–H groups in total. The minimum absolute atomic E-state index is 0.699. The second-order valence-electron chi connectivity index (χ2n) is 2.14. The Kier molecular flexibility index (Phi) is 0.924. The predicted octanol–water partition coefficient (Wildman–Crippen LogP) is 2.14. The molecule has 50 valence electrons. The zero-order valence-corrected chi connectivity index (χ0v) is 7.24. The smallest absolute Gasteiger partial charge is 0.0807 e. The second-order valence-corrected chi connectivity index (χ2v) is 5.34. The zero-order chi connectivity index (χ0) is 6.72. The minimum atomic E-state index is -0.699. The molecule has 4 heteroatoms. The van der Waals surface area contributed by atoms with Crippen molar-refractivity contribution in [3.8, 4) is 0 Å². The van der Waals surface area contributed by atoms with Gasteiger partial charge in [-0.1, -0.05) is 23.5 Å². The van der Waals surface area contributed by atoms with Gasteiger partial charge in [0, 0.05) is 20.1 Å². The van der Waals surface area contributed by atoms with Gasteiger partial charge >= 0.3 is 0 Å². The van der Waals surface area contributed by atoms with Crippen LogP contribution in [0, 0.1) is 0 Å². The lowest BCUT2D eigenvalue weighted by Gasteiger charge is -1.65. The first-order valence-electron chi connectivity index (χ1n) is 2.78. The van der Waals surface area contributed by atoms with Gasteiger partial charge in [-0.15, -0.1) is 0 Å². The Morgan fingerprint density at radius 2 is 2.10 bits per heavy atom. The number of hydrogen-bond donors (Lipinski definition) is 0. The average Bonchev–Trinajstić information content (AvgIpc) is 2.68. The van der Waals surface area contributed by atoms with E-state index in [9.17, 15) is 4.21 Å². The third kappa shape index (κ3) is 0.758. The van der Waals surface area contributed by atoms with Crippen molar-refractivity contribution in [2.75, 3.05) is 0 Å². The highest BCUT2D eigenvalue weighted by atomic mass is 32.2. The summed E-state index contributed by atoms with van der Waals surface area (Å²) in [5.41, 5.74) is 0. The molecule has 0 fully saturated rings. The van der Waals surface area contributed by atoms with E-state index < -0.39 is 10.8 Å². The molecule has 10 heavy (non-hydrogen) atoms. The van der Waals surface area contributed by atoms with Gasteiger partial charge in [0.05, 0.1) is 15.7 Å². The van der Waals surface area contributed by atoms with Gasteiger partial charge < -0.3 is 0 Å². The summed E-state index contributed by atoms with van der Waals surface area (Å²) in [6, 6.07) is 0. The largest absolute Gasteiger partial charge is 0.250 e. The van der Waals surface area contributed by atoms with Crippen molar-refractivity contribution in [1.82, 2.24) is 0 Å². The molecule has 1 unspecified atom stereocenters. The molecule has 0 saturated carbocycles. The van der Waals surface area contributed by atoms with Crippen LogP contribution in [0.5, 0.6) is 0 Å². The highest BCUT2D eigenvalue weighted by Crippen LogP contribution is 2.63. The standard InChI is InChI=1S/C6H2OS3/c7-10-2-4(10)6-5(9-6)3-1-8-3/h1-2H. The Balaban J connectivity index is 1.92. The second kappa shape index (κ2) is 1.62. The molecule has 0 bridgehead atoms. The molecular formula is C6H2OS3. The van der Waals surface area contributed by atoms with Crippen molar-refractivity contribution in [2.24, 2.45) is 0 Å². The van der Waals surface area contributed by atoms with Gasteiger partial charge in [0.1, 0.15) is 0 Å². The molecule has 1 atom stereocenters. The fourth-order valence-electron chi connectivity index (χ4n) is 0.755. The molecule has 3 aliphatic heterocycles. The van der Waals surface area contributed by atoms with Crippen molar-refractivity contribution in [3.63, 3.8) is 0 Å². The van der Waals surface area contributed by atoms with E-state index in [1.54, 1.807) is 23.5 Å². The summed E-state index contributed by atoms with van der Waals surface area (Å²) in [6.45, 7) is 0. The molecule has 0 aromatic rings. The fourth-order valence-corrected chi connectivity index (χ4v) is 3.42. The summed E-state index contributed by atoms with van der Waals surface area (Å²) in [6.07, 6.45) is 0. The zero-order valence-electron chi connectivity index (χ0n) is 4.79. The van der Waals surface area contributed by atoms with Crippen LogP contribution in [0.15, 0.2) is 30.4 Å². The van der Waals surface area contributed by atoms with E-state index in [0.717, 1.165) is 4.91 Å². The normalized spacial score (nSPS) is 33.4. The molecule has 0 radical (unpaired) electrons. The monoisotopic (exact) mass is 186 g/mol. The number of rotatable bonds is 2. The third-order valence-corrected chi connectivity index (χ3v) is 4.36. The molecule has 1 nitrogen and oxygen atoms in total. The molecule has 3 heterocycles. The SMILES string of the molecule is O=S1C=C1C1=C(C2=CS2)S1. The van der Waals surface area contributed by atoms with Crippen molar-refractivity contribution in [1.29, 1.82) is 0 Å². The lowest BCUT2D eigenvalue weighted by atomic mass is 10.5. The van der Waals surface area contributed by atoms with Crippen LogP contribution in [-0.2, 0) is 10.8 Å². The van der Waals surface area contributed by atoms with Gasteiger partial charge in [0.25, 0.3) is 0 Å². The molecule has 0 spiro atoms. The lowest BCUT2D eigenvalue weighted by Crippen LogP contribution is -1.58. The minimum Gasteiger partial charge on any atom is -0.250 e. The maximum atomic E-state index is 10.7. The van der Waals surface area contributed by atoms with Gasteiger partial charge in [-0.3, -0.25) is 0 Å². The molecule has 0 amide bonds. The van der Waals surface area contributed by atoms with Crippen LogP contribution in [0.4, 0.5) is 0 Å². The molecule has 0 aromatic heterocycles. The summed E-state index contributed by atoms with van der Waals surface area (Å²) in [5.74, 6) is 0. The average molecular weight is 186 g/mol. The molecule has 0 aromatic carbocycles. The summed E-state index contributed by atoms with van der Waals surface area (Å²) < 4.78 is 10.7. The van der Waals surface area contributed by atoms with Gasteiger partial charge in [-0.2, -0.15) is 0 Å². The van der Waals surface area contributed by atoms with Crippen molar-refractivity contribution < 1.29 is 4.21 Å². The highest BCUT2D eigenvalue weighted by molar-refractivity contribution is 8.20. The topological polar surface area (TPSA) is 17.1 Å². The van der Waals surface area contributed by atoms with Crippen LogP contribution in [0.1, 0.15) is 0 Å². The van der Waals surface area contributed by atoms with E-state index in [-0.39, 0.29) is 0 Å². The Hall–Kier alpha value is 0.0700. The summed E-state index contributed by atoms with van der Waals surface area (Å²) in [4.78, 5) is 5.08. The van der Waals surface area contributed by atoms with Crippen molar-refractivity contribution in [3.05, 3.63) is 30.4 Å². The maximum Gasteiger partial charge on any atom is 0.0807 e. The van der Waals surface area contributed by atoms with Crippen LogP contribution in [0.3, 0.4) is 0 Å². The Labute approximate surface area is 69.1 Å². The Morgan fingerprint density at radius 3 is 2.60 bits per heavy atom. The number of thioether (sulfide) groups is 2. The quantitative estimate of drug-likeness (QED) is 0.657. The van der Waals surface area contributed by atoms with Crippen molar-refractivity contribution in [2.45, 2.75) is 0 Å². The Morgan fingerprint density at radius 1 is 1.40 bits per heavy atom. The van der Waals surface area contributed by atoms with E-state index in [1.807, 2.05) is 5.41 Å². The van der Waals surface area contributed by atoms with E-state index in [0.29, 0.717) is 0 Å². The van der Waals surface area contributed by atoms with E-state index in [1.165, 1.54) is 14.7 Å². The van der Waals surface area contributed by atoms with Crippen LogP contribution in [0.2, 0.25) is 0 Å². The first-order valence-corrected chi connectivity index (χ1v) is 5.69. The van der Waals surface area contributed by atoms with Gasteiger partial charge in [0.2, 0.25) is 0 Å². The van der Waals surface area contributed by atoms with E-state index in [4.69, 9.17) is 0 Å². The van der Waals surface area contributed by atoms with Crippen LogP contribution in [-0.4, -0.2) is 4.21 Å². The molecule has 3 rings (SSSR count). The van der Waals surface area contributed by atoms with Gasteiger partial charge in [-0.05, 0) is 5.41 Å². The summed E-state index contributed by atoms with van der Waals surface area (Å²) in [5, 5.41) is 3.93. The summed E-state index contributed by atoms with van der Waals surface area (Å²) in [7, 11) is -0.699. The van der Waals surface area contributed by atoms with Crippen molar-refractivity contribution >= 4 is 34.3 Å². The summed E-state index contributed by atoms with van der Waals surface area (Å²) >= 11 is 3.54. The fraction of sp³-hybridized carbons (Fsp3) is 0. The van der Waals surface area contributed by atoms with Gasteiger partial charge in [0.15, 0.2) is 0 Å². The van der Waals surface area contributed by atoms with E-state index in [2.05, 4.69) is 5.41 Å². The number of hydrogen-bond acceptors (Lipinski definition) is 3. The predicted molar refractivity (Wildman–Crippen MR) is 46.5 cm³/mol. The Bertz CT molecular complexity index is 348. The van der Waals surface area contributed by atoms with Crippen LogP contribution < -0.4 is 0 Å². The third-order valence-electron chi connectivity index (χ3n) is 1.43. The first-order chi connectivity index (χ1) is 4.86. The van der Waals surface area contributed by atoms with Gasteiger partial charge in [-0.25, -0.2) is 4.21 Å². The molecule has 0 aliphatic carbocycles. The molecular weight excluding hydrogens is 184 g/mol. The van der Waals surface area contributed by atoms with E-state index >= 15 is 0 Å². The highest BCUT2D eigenvalue weighted by Gasteiger charge is 2.39. The van der Waals surface area contributed by atoms with Crippen LogP contribution in [0.25, 0.3) is 0 Å². The maximum absolute atomic E-state index is 10.7. The first kappa shape index (κ1) is 5.69. The lowest BCUT2D eigenvalue weighted by molar-refractivity contribution is 0.695. The molecule has 3 aliphatic rings.